The third kappa shape index (κ3) is 5.22. The minimum atomic E-state index is -0.170. The number of carbonyl (C=O) groups is 1. The lowest BCUT2D eigenvalue weighted by atomic mass is 10.2. The van der Waals surface area contributed by atoms with E-state index in [0.717, 1.165) is 22.9 Å². The number of halogens is 1. The van der Waals surface area contributed by atoms with E-state index in [1.54, 1.807) is 13.2 Å². The van der Waals surface area contributed by atoms with Gasteiger partial charge < -0.3 is 14.8 Å². The van der Waals surface area contributed by atoms with Crippen molar-refractivity contribution in [1.82, 2.24) is 5.32 Å². The van der Waals surface area contributed by atoms with Crippen molar-refractivity contribution in [2.45, 2.75) is 32.6 Å². The Kier molecular flexibility index (Phi) is 7.58. The van der Waals surface area contributed by atoms with Crippen molar-refractivity contribution in [3.05, 3.63) is 27.1 Å². The first-order valence-electron chi connectivity index (χ1n) is 7.80. The van der Waals surface area contributed by atoms with E-state index in [2.05, 4.69) is 28.2 Å². The van der Waals surface area contributed by atoms with Crippen LogP contribution in [0.15, 0.2) is 21.5 Å². The summed E-state index contributed by atoms with van der Waals surface area (Å²) in [5.41, 5.74) is 0.847. The Hall–Kier alpha value is -1.05. The Morgan fingerprint density at radius 1 is 1.33 bits per heavy atom. The molecule has 24 heavy (non-hydrogen) atoms. The lowest BCUT2D eigenvalue weighted by Crippen LogP contribution is -2.17. The number of hydrogen-bond donors (Lipinski definition) is 1. The van der Waals surface area contributed by atoms with E-state index in [4.69, 9.17) is 21.7 Å². The second-order valence-electron chi connectivity index (χ2n) is 5.30. The number of methoxy groups -OCH3 is 1. The Morgan fingerprint density at radius 2 is 2.12 bits per heavy atom. The summed E-state index contributed by atoms with van der Waals surface area (Å²) in [6, 6.07) is 3.76. The Morgan fingerprint density at radius 3 is 2.75 bits per heavy atom. The molecule has 1 amide bonds. The SMILES string of the molecule is CCCCCCOc1c(Br)cc(/C=C2\SC(=S)NC2=O)cc1OC. The average Bonchev–Trinajstić information content (AvgIpc) is 2.86. The molecule has 0 spiro atoms. The Balaban J connectivity index is 2.13. The van der Waals surface area contributed by atoms with E-state index in [-0.39, 0.29) is 5.91 Å². The molecule has 7 heteroatoms. The zero-order valence-electron chi connectivity index (χ0n) is 13.7. The van der Waals surface area contributed by atoms with E-state index < -0.39 is 0 Å². The van der Waals surface area contributed by atoms with Crippen molar-refractivity contribution in [2.75, 3.05) is 13.7 Å². The van der Waals surface area contributed by atoms with Crippen LogP contribution in [0.1, 0.15) is 38.2 Å². The predicted molar refractivity (Wildman–Crippen MR) is 107 cm³/mol. The normalized spacial score (nSPS) is 15.7. The van der Waals surface area contributed by atoms with Gasteiger partial charge in [0.25, 0.3) is 5.91 Å². The molecule has 1 fully saturated rings. The molecule has 1 aliphatic rings. The molecule has 0 radical (unpaired) electrons. The molecule has 0 aliphatic carbocycles. The van der Waals surface area contributed by atoms with Crippen molar-refractivity contribution < 1.29 is 14.3 Å². The zero-order valence-corrected chi connectivity index (χ0v) is 16.9. The van der Waals surface area contributed by atoms with Gasteiger partial charge in [0.2, 0.25) is 0 Å². The largest absolute Gasteiger partial charge is 0.493 e. The highest BCUT2D eigenvalue weighted by molar-refractivity contribution is 9.10. The first-order valence-corrected chi connectivity index (χ1v) is 9.82. The highest BCUT2D eigenvalue weighted by Crippen LogP contribution is 2.38. The van der Waals surface area contributed by atoms with Crippen LogP contribution < -0.4 is 14.8 Å². The quantitative estimate of drug-likeness (QED) is 0.361. The maximum absolute atomic E-state index is 11.8. The van der Waals surface area contributed by atoms with Crippen LogP contribution in [-0.2, 0) is 4.79 Å². The molecule has 4 nitrogen and oxygen atoms in total. The summed E-state index contributed by atoms with van der Waals surface area (Å²) >= 11 is 9.79. The first kappa shape index (κ1) is 19.3. The fraction of sp³-hybridized carbons (Fsp3) is 0.412. The van der Waals surface area contributed by atoms with Gasteiger partial charge in [0, 0.05) is 0 Å². The molecular formula is C17H20BrNO3S2. The summed E-state index contributed by atoms with van der Waals surface area (Å²) in [4.78, 5) is 12.3. The van der Waals surface area contributed by atoms with Crippen molar-refractivity contribution in [3.8, 4) is 11.5 Å². The molecule has 0 unspecified atom stereocenters. The highest BCUT2D eigenvalue weighted by atomic mass is 79.9. The number of carbonyl (C=O) groups excluding carboxylic acids is 1. The fourth-order valence-electron chi connectivity index (χ4n) is 2.24. The minimum Gasteiger partial charge on any atom is -0.493 e. The molecule has 1 aliphatic heterocycles. The number of nitrogens with one attached hydrogen (secondary N) is 1. The predicted octanol–water partition coefficient (Wildman–Crippen LogP) is 4.91. The van der Waals surface area contributed by atoms with Gasteiger partial charge in [-0.3, -0.25) is 4.79 Å². The third-order valence-electron chi connectivity index (χ3n) is 3.44. The van der Waals surface area contributed by atoms with Gasteiger partial charge in [0.1, 0.15) is 4.32 Å². The number of rotatable bonds is 8. The van der Waals surface area contributed by atoms with Gasteiger partial charge in [-0.25, -0.2) is 0 Å². The Bertz CT molecular complexity index is 661. The van der Waals surface area contributed by atoms with Crippen molar-refractivity contribution in [3.63, 3.8) is 0 Å². The molecule has 0 bridgehead atoms. The average molecular weight is 430 g/mol. The highest BCUT2D eigenvalue weighted by Gasteiger charge is 2.22. The fourth-order valence-corrected chi connectivity index (χ4v) is 3.86. The van der Waals surface area contributed by atoms with Crippen LogP contribution in [0.4, 0.5) is 0 Å². The number of unbranched alkanes of at least 4 members (excludes halogenated alkanes) is 3. The molecule has 1 aromatic carbocycles. The smallest absolute Gasteiger partial charge is 0.263 e. The molecule has 1 saturated heterocycles. The van der Waals surface area contributed by atoms with Gasteiger partial charge in [-0.05, 0) is 46.1 Å². The number of thioether (sulfide) groups is 1. The lowest BCUT2D eigenvalue weighted by molar-refractivity contribution is -0.115. The third-order valence-corrected chi connectivity index (χ3v) is 5.19. The molecule has 1 heterocycles. The maximum atomic E-state index is 11.8. The molecule has 0 saturated carbocycles. The number of benzene rings is 1. The number of hydrogen-bond acceptors (Lipinski definition) is 5. The standard InChI is InChI=1S/C17H20BrNO3S2/c1-3-4-5-6-7-22-15-12(18)8-11(9-13(15)21-2)10-14-16(20)19-17(23)24-14/h8-10H,3-7H2,1-2H3,(H,19,20,23)/b14-10-. The van der Waals surface area contributed by atoms with Crippen molar-refractivity contribution in [1.29, 1.82) is 0 Å². The summed E-state index contributed by atoms with van der Waals surface area (Å²) < 4.78 is 12.6. The van der Waals surface area contributed by atoms with Crippen LogP contribution in [0.2, 0.25) is 0 Å². The molecule has 0 atom stereocenters. The summed E-state index contributed by atoms with van der Waals surface area (Å²) in [6.07, 6.45) is 6.38. The topological polar surface area (TPSA) is 47.6 Å². The molecule has 0 aromatic heterocycles. The van der Waals surface area contributed by atoms with E-state index >= 15 is 0 Å². The van der Waals surface area contributed by atoms with Crippen LogP contribution in [0.5, 0.6) is 11.5 Å². The maximum Gasteiger partial charge on any atom is 0.263 e. The van der Waals surface area contributed by atoms with Crippen LogP contribution in [0.25, 0.3) is 6.08 Å². The molecule has 1 N–H and O–H groups in total. The first-order chi connectivity index (χ1) is 11.5. The van der Waals surface area contributed by atoms with Crippen LogP contribution >= 0.6 is 39.9 Å². The summed E-state index contributed by atoms with van der Waals surface area (Å²) in [7, 11) is 1.61. The minimum absolute atomic E-state index is 0.170. The van der Waals surface area contributed by atoms with Gasteiger partial charge in [-0.1, -0.05) is 50.2 Å². The van der Waals surface area contributed by atoms with Crippen molar-refractivity contribution >= 4 is 56.2 Å². The number of thiocarbonyl (C=S) groups is 1. The van der Waals surface area contributed by atoms with Gasteiger partial charge in [0.15, 0.2) is 11.5 Å². The van der Waals surface area contributed by atoms with Crippen LogP contribution in [0, 0.1) is 0 Å². The summed E-state index contributed by atoms with van der Waals surface area (Å²) in [5, 5.41) is 2.61. The molecule has 130 valence electrons. The lowest BCUT2D eigenvalue weighted by Gasteiger charge is -2.13. The summed E-state index contributed by atoms with van der Waals surface area (Å²) in [6.45, 7) is 2.84. The molecule has 1 aromatic rings. The van der Waals surface area contributed by atoms with Crippen LogP contribution in [0.3, 0.4) is 0 Å². The number of amides is 1. The van der Waals surface area contributed by atoms with E-state index in [0.29, 0.717) is 27.3 Å². The van der Waals surface area contributed by atoms with E-state index in [1.165, 1.54) is 24.6 Å². The second-order valence-corrected chi connectivity index (χ2v) is 7.87. The second kappa shape index (κ2) is 9.44. The van der Waals surface area contributed by atoms with E-state index in [1.807, 2.05) is 12.1 Å². The number of ether oxygens (including phenoxy) is 2. The van der Waals surface area contributed by atoms with Crippen LogP contribution in [-0.4, -0.2) is 23.9 Å². The Labute approximate surface area is 160 Å². The van der Waals surface area contributed by atoms with Gasteiger partial charge in [-0.15, -0.1) is 0 Å². The van der Waals surface area contributed by atoms with Gasteiger partial charge >= 0.3 is 0 Å². The monoisotopic (exact) mass is 429 g/mol. The zero-order chi connectivity index (χ0) is 17.5. The van der Waals surface area contributed by atoms with Gasteiger partial charge in [-0.2, -0.15) is 0 Å². The summed E-state index contributed by atoms with van der Waals surface area (Å²) in [5.74, 6) is 1.16. The van der Waals surface area contributed by atoms with Crippen molar-refractivity contribution in [2.24, 2.45) is 0 Å². The van der Waals surface area contributed by atoms with Gasteiger partial charge in [0.05, 0.1) is 23.1 Å². The van der Waals surface area contributed by atoms with E-state index in [9.17, 15) is 4.79 Å². The molecular weight excluding hydrogens is 410 g/mol. The molecule has 2 rings (SSSR count).